The highest BCUT2D eigenvalue weighted by atomic mass is 32.2. The number of nitrogens with zero attached hydrogens (tertiary/aromatic N) is 1. The Morgan fingerprint density at radius 1 is 1.19 bits per heavy atom. The van der Waals surface area contributed by atoms with E-state index in [1.807, 2.05) is 31.2 Å². The lowest BCUT2D eigenvalue weighted by Gasteiger charge is -2.14. The molecule has 26 heavy (non-hydrogen) atoms. The standard InChI is InChI=1S/C18H22N2O4S2/c1-14-7-9-16(10-8-14)25-12-11-19-18(21)15-5-4-6-17(13-15)26(22,23)20(2)24-3/h4-10,13H,11-12H2,1-3H3,(H,19,21). The summed E-state index contributed by atoms with van der Waals surface area (Å²) in [6.07, 6.45) is 0. The average Bonchev–Trinajstić information content (AvgIpc) is 2.65. The second kappa shape index (κ2) is 9.18. The van der Waals surface area contributed by atoms with Crippen LogP contribution >= 0.6 is 11.8 Å². The maximum Gasteiger partial charge on any atom is 0.264 e. The molecule has 2 rings (SSSR count). The van der Waals surface area contributed by atoms with Crippen LogP contribution in [-0.2, 0) is 14.9 Å². The number of hydrogen-bond acceptors (Lipinski definition) is 5. The Balaban J connectivity index is 1.93. The van der Waals surface area contributed by atoms with Crippen LogP contribution in [0.15, 0.2) is 58.3 Å². The van der Waals surface area contributed by atoms with Gasteiger partial charge in [0.05, 0.1) is 12.0 Å². The van der Waals surface area contributed by atoms with Gasteiger partial charge in [0.25, 0.3) is 15.9 Å². The molecule has 2 aromatic carbocycles. The first-order valence-electron chi connectivity index (χ1n) is 7.95. The van der Waals surface area contributed by atoms with Gasteiger partial charge < -0.3 is 5.32 Å². The Kier molecular flexibility index (Phi) is 7.22. The third-order valence-electron chi connectivity index (χ3n) is 3.67. The van der Waals surface area contributed by atoms with Crippen LogP contribution in [0.1, 0.15) is 15.9 Å². The molecule has 6 nitrogen and oxygen atoms in total. The molecule has 1 N–H and O–H groups in total. The van der Waals surface area contributed by atoms with Crippen LogP contribution in [-0.4, -0.2) is 45.2 Å². The fourth-order valence-electron chi connectivity index (χ4n) is 2.11. The zero-order chi connectivity index (χ0) is 19.2. The SMILES string of the molecule is CON(C)S(=O)(=O)c1cccc(C(=O)NCCSc2ccc(C)cc2)c1. The number of carbonyl (C=O) groups is 1. The molecule has 2 aromatic rings. The molecule has 0 aromatic heterocycles. The highest BCUT2D eigenvalue weighted by Crippen LogP contribution is 2.18. The third kappa shape index (κ3) is 5.31. The average molecular weight is 395 g/mol. The molecule has 8 heteroatoms. The van der Waals surface area contributed by atoms with Crippen LogP contribution < -0.4 is 5.32 Å². The molecule has 0 heterocycles. The fourth-order valence-corrected chi connectivity index (χ4v) is 3.90. The van der Waals surface area contributed by atoms with Gasteiger partial charge in [-0.3, -0.25) is 9.63 Å². The quantitative estimate of drug-likeness (QED) is 0.423. The molecule has 0 spiro atoms. The molecule has 0 saturated heterocycles. The molecule has 0 aliphatic rings. The topological polar surface area (TPSA) is 75.7 Å². The minimum absolute atomic E-state index is 0.00327. The molecule has 0 saturated carbocycles. The Morgan fingerprint density at radius 2 is 1.88 bits per heavy atom. The summed E-state index contributed by atoms with van der Waals surface area (Å²) in [5.74, 6) is 0.408. The minimum atomic E-state index is -3.78. The van der Waals surface area contributed by atoms with E-state index in [2.05, 4.69) is 5.32 Å². The first-order chi connectivity index (χ1) is 12.3. The summed E-state index contributed by atoms with van der Waals surface area (Å²) in [7, 11) is -1.22. The summed E-state index contributed by atoms with van der Waals surface area (Å²) >= 11 is 1.65. The van der Waals surface area contributed by atoms with Crippen molar-refractivity contribution < 1.29 is 18.0 Å². The van der Waals surface area contributed by atoms with E-state index in [0.29, 0.717) is 6.54 Å². The van der Waals surface area contributed by atoms with Crippen molar-refractivity contribution in [3.63, 3.8) is 0 Å². The second-order valence-corrected chi connectivity index (χ2v) is 8.65. The van der Waals surface area contributed by atoms with Gasteiger partial charge in [0.2, 0.25) is 0 Å². The van der Waals surface area contributed by atoms with Crippen molar-refractivity contribution in [1.82, 2.24) is 9.79 Å². The smallest absolute Gasteiger partial charge is 0.264 e. The monoisotopic (exact) mass is 394 g/mol. The predicted octanol–water partition coefficient (Wildman–Crippen LogP) is 2.70. The van der Waals surface area contributed by atoms with E-state index in [4.69, 9.17) is 4.84 Å². The van der Waals surface area contributed by atoms with E-state index in [0.717, 1.165) is 15.1 Å². The lowest BCUT2D eigenvalue weighted by molar-refractivity contribution is -0.0258. The first-order valence-corrected chi connectivity index (χ1v) is 10.4. The fraction of sp³-hybridized carbons (Fsp3) is 0.278. The highest BCUT2D eigenvalue weighted by Gasteiger charge is 2.21. The molecule has 0 fully saturated rings. The van der Waals surface area contributed by atoms with Crippen molar-refractivity contribution in [2.75, 3.05) is 26.5 Å². The van der Waals surface area contributed by atoms with E-state index in [1.54, 1.807) is 17.8 Å². The first kappa shape index (κ1) is 20.4. The predicted molar refractivity (Wildman–Crippen MR) is 103 cm³/mol. The number of benzene rings is 2. The van der Waals surface area contributed by atoms with Gasteiger partial charge in [0, 0.05) is 29.8 Å². The Morgan fingerprint density at radius 3 is 2.54 bits per heavy atom. The van der Waals surface area contributed by atoms with Gasteiger partial charge in [-0.05, 0) is 37.3 Å². The molecule has 0 bridgehead atoms. The lowest BCUT2D eigenvalue weighted by atomic mass is 10.2. The van der Waals surface area contributed by atoms with Crippen LogP contribution in [0.2, 0.25) is 0 Å². The van der Waals surface area contributed by atoms with Gasteiger partial charge in [-0.15, -0.1) is 11.8 Å². The Hall–Kier alpha value is -1.87. The third-order valence-corrected chi connectivity index (χ3v) is 6.36. The van der Waals surface area contributed by atoms with Gasteiger partial charge >= 0.3 is 0 Å². The molecule has 0 unspecified atom stereocenters. The van der Waals surface area contributed by atoms with Gasteiger partial charge in [-0.1, -0.05) is 28.2 Å². The van der Waals surface area contributed by atoms with Crippen LogP contribution in [0.3, 0.4) is 0 Å². The molecule has 0 aliphatic carbocycles. The molecule has 0 radical (unpaired) electrons. The summed E-state index contributed by atoms with van der Waals surface area (Å²) in [6.45, 7) is 2.51. The highest BCUT2D eigenvalue weighted by molar-refractivity contribution is 7.99. The van der Waals surface area contributed by atoms with Crippen molar-refractivity contribution in [1.29, 1.82) is 0 Å². The molecular formula is C18H22N2O4S2. The molecular weight excluding hydrogens is 372 g/mol. The zero-order valence-electron chi connectivity index (χ0n) is 14.9. The zero-order valence-corrected chi connectivity index (χ0v) is 16.6. The number of sulfonamides is 1. The molecule has 0 atom stereocenters. The summed E-state index contributed by atoms with van der Waals surface area (Å²) in [5.41, 5.74) is 1.49. The Labute approximate surface area is 158 Å². The van der Waals surface area contributed by atoms with Crippen molar-refractivity contribution in [3.05, 3.63) is 59.7 Å². The number of rotatable bonds is 8. The molecule has 140 valence electrons. The summed E-state index contributed by atoms with van der Waals surface area (Å²) < 4.78 is 25.2. The number of aryl methyl sites for hydroxylation is 1. The summed E-state index contributed by atoms with van der Waals surface area (Å²) in [4.78, 5) is 18.1. The van der Waals surface area contributed by atoms with Gasteiger partial charge in [-0.2, -0.15) is 0 Å². The van der Waals surface area contributed by atoms with E-state index in [1.165, 1.54) is 37.9 Å². The lowest BCUT2D eigenvalue weighted by Crippen LogP contribution is -2.27. The second-order valence-electron chi connectivity index (χ2n) is 5.54. The number of thioether (sulfide) groups is 1. The number of nitrogens with one attached hydrogen (secondary N) is 1. The van der Waals surface area contributed by atoms with E-state index in [-0.39, 0.29) is 16.4 Å². The Bertz CT molecular complexity index is 852. The van der Waals surface area contributed by atoms with Gasteiger partial charge in [-0.25, -0.2) is 8.42 Å². The van der Waals surface area contributed by atoms with Crippen LogP contribution in [0.25, 0.3) is 0 Å². The van der Waals surface area contributed by atoms with Gasteiger partial charge in [0.1, 0.15) is 0 Å². The van der Waals surface area contributed by atoms with Crippen molar-refractivity contribution in [3.8, 4) is 0 Å². The normalized spacial score (nSPS) is 11.5. The number of carbonyl (C=O) groups excluding carboxylic acids is 1. The summed E-state index contributed by atoms with van der Waals surface area (Å²) in [5, 5.41) is 2.80. The van der Waals surface area contributed by atoms with E-state index in [9.17, 15) is 13.2 Å². The van der Waals surface area contributed by atoms with Crippen molar-refractivity contribution in [2.45, 2.75) is 16.7 Å². The van der Waals surface area contributed by atoms with Crippen LogP contribution in [0.4, 0.5) is 0 Å². The largest absolute Gasteiger partial charge is 0.351 e. The number of hydroxylamine groups is 1. The van der Waals surface area contributed by atoms with Gasteiger partial charge in [0.15, 0.2) is 0 Å². The summed E-state index contributed by atoms with van der Waals surface area (Å²) in [6, 6.07) is 14.1. The number of amides is 1. The number of hydrogen-bond donors (Lipinski definition) is 1. The maximum atomic E-state index is 12.3. The molecule has 0 aliphatic heterocycles. The van der Waals surface area contributed by atoms with Crippen molar-refractivity contribution >= 4 is 27.7 Å². The maximum absolute atomic E-state index is 12.3. The van der Waals surface area contributed by atoms with Crippen molar-refractivity contribution in [2.24, 2.45) is 0 Å². The van der Waals surface area contributed by atoms with E-state index >= 15 is 0 Å². The minimum Gasteiger partial charge on any atom is -0.351 e. The molecule has 1 amide bonds. The van der Waals surface area contributed by atoms with E-state index < -0.39 is 10.0 Å². The van der Waals surface area contributed by atoms with Crippen LogP contribution in [0, 0.1) is 6.92 Å². The van der Waals surface area contributed by atoms with Crippen LogP contribution in [0.5, 0.6) is 0 Å².